The second kappa shape index (κ2) is 7.40. The standard InChI is InChI=1S/C9H10BrF2N3O4S.ClH/c10-6-1-2-7(15(16)17)8(3-6)20(18,19)14-5-9(11,12)4-13;/h1-3,14H,4-5,13H2;1H. The van der Waals surface area contributed by atoms with Crippen molar-refractivity contribution in [3.63, 3.8) is 0 Å². The Kier molecular flexibility index (Phi) is 7.09. The first kappa shape index (κ1) is 20.1. The maximum Gasteiger partial charge on any atom is 0.289 e. The van der Waals surface area contributed by atoms with E-state index in [4.69, 9.17) is 5.73 Å². The number of nitro groups is 1. The second-order valence-electron chi connectivity index (χ2n) is 3.75. The van der Waals surface area contributed by atoms with Crippen molar-refractivity contribution in [1.29, 1.82) is 0 Å². The topological polar surface area (TPSA) is 115 Å². The molecular formula is C9H11BrClF2N3O4S. The molecule has 120 valence electrons. The number of nitrogens with zero attached hydrogens (tertiary/aromatic N) is 1. The first-order chi connectivity index (χ1) is 9.09. The van der Waals surface area contributed by atoms with Crippen LogP contribution in [0.25, 0.3) is 0 Å². The minimum absolute atomic E-state index is 0. The van der Waals surface area contributed by atoms with E-state index in [2.05, 4.69) is 15.9 Å². The van der Waals surface area contributed by atoms with Gasteiger partial charge in [0.1, 0.15) is 0 Å². The van der Waals surface area contributed by atoms with Crippen molar-refractivity contribution in [2.24, 2.45) is 5.73 Å². The Labute approximate surface area is 133 Å². The number of nitro benzene ring substituents is 1. The Balaban J connectivity index is 0.00000400. The van der Waals surface area contributed by atoms with E-state index in [0.29, 0.717) is 0 Å². The lowest BCUT2D eigenvalue weighted by Crippen LogP contribution is -2.41. The molecular weight excluding hydrogens is 400 g/mol. The molecule has 1 aromatic rings. The van der Waals surface area contributed by atoms with Gasteiger partial charge in [0.25, 0.3) is 11.6 Å². The summed E-state index contributed by atoms with van der Waals surface area (Å²) in [5.74, 6) is -3.44. The number of rotatable bonds is 6. The van der Waals surface area contributed by atoms with Crippen LogP contribution in [-0.4, -0.2) is 32.4 Å². The largest absolute Gasteiger partial charge is 0.325 e. The van der Waals surface area contributed by atoms with Gasteiger partial charge in [-0.3, -0.25) is 10.1 Å². The highest BCUT2D eigenvalue weighted by atomic mass is 79.9. The highest BCUT2D eigenvalue weighted by Crippen LogP contribution is 2.27. The fourth-order valence-corrected chi connectivity index (χ4v) is 2.97. The third-order valence-corrected chi connectivity index (χ3v) is 4.15. The first-order valence-corrected chi connectivity index (χ1v) is 7.38. The number of sulfonamides is 1. The van der Waals surface area contributed by atoms with Crippen LogP contribution in [0.5, 0.6) is 0 Å². The Bertz CT molecular complexity index is 629. The van der Waals surface area contributed by atoms with Crippen molar-refractivity contribution in [2.45, 2.75) is 10.8 Å². The van der Waals surface area contributed by atoms with Gasteiger partial charge in [-0.15, -0.1) is 12.4 Å². The molecule has 0 unspecified atom stereocenters. The van der Waals surface area contributed by atoms with Crippen LogP contribution in [0, 0.1) is 10.1 Å². The number of nitrogens with one attached hydrogen (secondary N) is 1. The van der Waals surface area contributed by atoms with E-state index < -0.39 is 44.5 Å². The number of nitrogens with two attached hydrogens (primary N) is 1. The van der Waals surface area contributed by atoms with Crippen LogP contribution < -0.4 is 10.5 Å². The summed E-state index contributed by atoms with van der Waals surface area (Å²) in [4.78, 5) is 9.15. The van der Waals surface area contributed by atoms with Crippen molar-refractivity contribution < 1.29 is 22.1 Å². The fraction of sp³-hybridized carbons (Fsp3) is 0.333. The zero-order valence-electron chi connectivity index (χ0n) is 10.3. The van der Waals surface area contributed by atoms with E-state index in [-0.39, 0.29) is 16.9 Å². The van der Waals surface area contributed by atoms with Gasteiger partial charge in [-0.25, -0.2) is 21.9 Å². The van der Waals surface area contributed by atoms with Gasteiger partial charge in [0.2, 0.25) is 10.0 Å². The van der Waals surface area contributed by atoms with Crippen LogP contribution >= 0.6 is 28.3 Å². The van der Waals surface area contributed by atoms with Crippen molar-refractivity contribution in [3.8, 4) is 0 Å². The van der Waals surface area contributed by atoms with E-state index in [1.807, 2.05) is 0 Å². The highest BCUT2D eigenvalue weighted by molar-refractivity contribution is 9.10. The molecule has 0 bridgehead atoms. The molecule has 0 aliphatic carbocycles. The Morgan fingerprint density at radius 2 is 2.00 bits per heavy atom. The van der Waals surface area contributed by atoms with E-state index >= 15 is 0 Å². The number of halogens is 4. The van der Waals surface area contributed by atoms with Gasteiger partial charge in [0, 0.05) is 10.5 Å². The molecule has 0 heterocycles. The Morgan fingerprint density at radius 1 is 1.43 bits per heavy atom. The molecule has 7 nitrogen and oxygen atoms in total. The molecule has 1 rings (SSSR count). The van der Waals surface area contributed by atoms with Crippen LogP contribution in [0.1, 0.15) is 0 Å². The van der Waals surface area contributed by atoms with E-state index in [0.717, 1.165) is 12.1 Å². The van der Waals surface area contributed by atoms with Crippen molar-refractivity contribution in [3.05, 3.63) is 32.8 Å². The van der Waals surface area contributed by atoms with Crippen LogP contribution in [-0.2, 0) is 10.0 Å². The van der Waals surface area contributed by atoms with Crippen LogP contribution in [0.4, 0.5) is 14.5 Å². The lowest BCUT2D eigenvalue weighted by atomic mass is 10.3. The number of hydrogen-bond acceptors (Lipinski definition) is 5. The Hall–Kier alpha value is -0.880. The minimum Gasteiger partial charge on any atom is -0.325 e. The molecule has 21 heavy (non-hydrogen) atoms. The minimum atomic E-state index is -4.46. The molecule has 0 spiro atoms. The lowest BCUT2D eigenvalue weighted by molar-refractivity contribution is -0.387. The molecule has 0 atom stereocenters. The van der Waals surface area contributed by atoms with Crippen molar-refractivity contribution in [2.75, 3.05) is 13.1 Å². The summed E-state index contributed by atoms with van der Waals surface area (Å²) in [6.07, 6.45) is 0. The Morgan fingerprint density at radius 3 is 2.48 bits per heavy atom. The summed E-state index contributed by atoms with van der Waals surface area (Å²) in [5.41, 5.74) is 4.06. The quantitative estimate of drug-likeness (QED) is 0.546. The molecule has 0 aromatic heterocycles. The monoisotopic (exact) mass is 409 g/mol. The third-order valence-electron chi connectivity index (χ3n) is 2.23. The molecule has 0 radical (unpaired) electrons. The van der Waals surface area contributed by atoms with Crippen LogP contribution in [0.15, 0.2) is 27.6 Å². The predicted molar refractivity (Wildman–Crippen MR) is 77.2 cm³/mol. The molecule has 3 N–H and O–H groups in total. The number of benzene rings is 1. The maximum absolute atomic E-state index is 12.9. The molecule has 0 saturated carbocycles. The highest BCUT2D eigenvalue weighted by Gasteiger charge is 2.32. The van der Waals surface area contributed by atoms with Crippen LogP contribution in [0.2, 0.25) is 0 Å². The van der Waals surface area contributed by atoms with E-state index in [1.54, 1.807) is 4.72 Å². The lowest BCUT2D eigenvalue weighted by Gasteiger charge is -2.14. The average molecular weight is 411 g/mol. The molecule has 0 saturated heterocycles. The summed E-state index contributed by atoms with van der Waals surface area (Å²) < 4.78 is 51.5. The van der Waals surface area contributed by atoms with Crippen molar-refractivity contribution >= 4 is 44.0 Å². The summed E-state index contributed by atoms with van der Waals surface area (Å²) in [6.45, 7) is -2.29. The molecule has 0 amide bonds. The van der Waals surface area contributed by atoms with Gasteiger partial charge >= 0.3 is 0 Å². The van der Waals surface area contributed by atoms with Gasteiger partial charge in [-0.1, -0.05) is 15.9 Å². The smallest absolute Gasteiger partial charge is 0.289 e. The maximum atomic E-state index is 12.9. The summed E-state index contributed by atoms with van der Waals surface area (Å²) in [5, 5.41) is 10.8. The summed E-state index contributed by atoms with van der Waals surface area (Å²) in [7, 11) is -4.46. The zero-order chi connectivity index (χ0) is 15.6. The summed E-state index contributed by atoms with van der Waals surface area (Å²) in [6, 6.07) is 3.19. The SMILES string of the molecule is Cl.NCC(F)(F)CNS(=O)(=O)c1cc(Br)ccc1[N+](=O)[O-]. The van der Waals surface area contributed by atoms with Gasteiger partial charge in [0.15, 0.2) is 4.90 Å². The van der Waals surface area contributed by atoms with Gasteiger partial charge in [-0.05, 0) is 12.1 Å². The van der Waals surface area contributed by atoms with Crippen molar-refractivity contribution in [1.82, 2.24) is 4.72 Å². The van der Waals surface area contributed by atoms with Gasteiger partial charge in [0.05, 0.1) is 18.0 Å². The molecule has 0 aliphatic rings. The molecule has 12 heteroatoms. The fourth-order valence-electron chi connectivity index (χ4n) is 1.20. The van der Waals surface area contributed by atoms with E-state index in [1.165, 1.54) is 6.07 Å². The normalized spacial score (nSPS) is 11.8. The number of hydrogen-bond donors (Lipinski definition) is 2. The zero-order valence-corrected chi connectivity index (χ0v) is 13.5. The van der Waals surface area contributed by atoms with Gasteiger partial charge < -0.3 is 5.73 Å². The average Bonchev–Trinajstić information content (AvgIpc) is 2.36. The van der Waals surface area contributed by atoms with Gasteiger partial charge in [-0.2, -0.15) is 0 Å². The summed E-state index contributed by atoms with van der Waals surface area (Å²) >= 11 is 2.96. The van der Waals surface area contributed by atoms with Crippen LogP contribution in [0.3, 0.4) is 0 Å². The second-order valence-corrected chi connectivity index (χ2v) is 6.40. The number of alkyl halides is 2. The predicted octanol–water partition coefficient (Wildman–Crippen LogP) is 1.65. The molecule has 1 aromatic carbocycles. The van der Waals surface area contributed by atoms with E-state index in [9.17, 15) is 27.3 Å². The molecule has 0 aliphatic heterocycles. The third kappa shape index (κ3) is 5.43. The first-order valence-electron chi connectivity index (χ1n) is 5.10. The molecule has 0 fully saturated rings.